The Labute approximate surface area is 139 Å². The largest absolute Gasteiger partial charge is 0.496 e. The molecule has 116 valence electrons. The van der Waals surface area contributed by atoms with Crippen LogP contribution >= 0.6 is 15.9 Å². The number of aliphatic imine (C=N–C) groups is 1. The smallest absolute Gasteiger partial charge is 0.193 e. The number of rotatable bonds is 4. The monoisotopic (exact) mass is 361 g/mol. The Morgan fingerprint density at radius 3 is 2.45 bits per heavy atom. The molecule has 22 heavy (non-hydrogen) atoms. The maximum atomic E-state index is 5.95. The molecule has 0 aliphatic carbocycles. The van der Waals surface area contributed by atoms with Crippen LogP contribution in [-0.4, -0.2) is 13.1 Å². The Hall–Kier alpha value is -2.01. The summed E-state index contributed by atoms with van der Waals surface area (Å²) in [5.41, 5.74) is 10.3. The molecule has 0 atom stereocenters. The summed E-state index contributed by atoms with van der Waals surface area (Å²) < 4.78 is 6.11. The summed E-state index contributed by atoms with van der Waals surface area (Å²) in [4.78, 5) is 4.37. The van der Waals surface area contributed by atoms with Gasteiger partial charge in [0.15, 0.2) is 5.96 Å². The summed E-state index contributed by atoms with van der Waals surface area (Å²) >= 11 is 3.46. The lowest BCUT2D eigenvalue weighted by Crippen LogP contribution is -2.22. The molecule has 0 spiro atoms. The molecule has 0 bridgehead atoms. The maximum Gasteiger partial charge on any atom is 0.193 e. The second-order valence-electron chi connectivity index (χ2n) is 5.17. The molecule has 2 aromatic rings. The topological polar surface area (TPSA) is 59.6 Å². The molecule has 5 heteroatoms. The third-order valence-corrected chi connectivity index (χ3v) is 3.76. The van der Waals surface area contributed by atoms with Crippen LogP contribution in [0.3, 0.4) is 0 Å². The first-order chi connectivity index (χ1) is 10.5. The van der Waals surface area contributed by atoms with Crippen molar-refractivity contribution in [2.24, 2.45) is 10.7 Å². The average Bonchev–Trinajstić information content (AvgIpc) is 2.44. The molecule has 4 nitrogen and oxygen atoms in total. The van der Waals surface area contributed by atoms with E-state index in [0.717, 1.165) is 21.5 Å². The first kappa shape index (κ1) is 16.4. The van der Waals surface area contributed by atoms with Crippen LogP contribution in [0.15, 0.2) is 45.9 Å². The van der Waals surface area contributed by atoms with Gasteiger partial charge in [-0.3, -0.25) is 0 Å². The van der Waals surface area contributed by atoms with Crippen LogP contribution < -0.4 is 15.8 Å². The van der Waals surface area contributed by atoms with Crippen molar-refractivity contribution >= 4 is 27.6 Å². The van der Waals surface area contributed by atoms with Crippen molar-refractivity contribution in [1.82, 2.24) is 0 Å². The van der Waals surface area contributed by atoms with E-state index in [4.69, 9.17) is 10.5 Å². The molecule has 0 saturated heterocycles. The first-order valence-corrected chi connectivity index (χ1v) is 7.75. The number of ether oxygens (including phenoxy) is 1. The van der Waals surface area contributed by atoms with Gasteiger partial charge in [-0.25, -0.2) is 4.99 Å². The molecule has 0 aliphatic heterocycles. The van der Waals surface area contributed by atoms with Crippen molar-refractivity contribution in [3.8, 4) is 5.75 Å². The Bertz CT molecular complexity index is 678. The van der Waals surface area contributed by atoms with E-state index < -0.39 is 0 Å². The minimum atomic E-state index is 0.400. The van der Waals surface area contributed by atoms with Gasteiger partial charge in [-0.15, -0.1) is 0 Å². The highest BCUT2D eigenvalue weighted by molar-refractivity contribution is 9.10. The molecule has 2 rings (SSSR count). The molecule has 3 N–H and O–H groups in total. The lowest BCUT2D eigenvalue weighted by molar-refractivity contribution is 0.412. The number of nitrogens with zero attached hydrogens (tertiary/aromatic N) is 1. The fourth-order valence-electron chi connectivity index (χ4n) is 2.22. The zero-order valence-electron chi connectivity index (χ0n) is 13.0. The maximum absolute atomic E-state index is 5.95. The predicted octanol–water partition coefficient (Wildman–Crippen LogP) is 4.00. The SMILES string of the molecule is COc1ccc(CN=C(N)Nc2cc(C)cc(C)c2)cc1Br. The Morgan fingerprint density at radius 2 is 1.86 bits per heavy atom. The van der Waals surface area contributed by atoms with Crippen LogP contribution in [0, 0.1) is 13.8 Å². The molecule has 2 aromatic carbocycles. The molecule has 0 saturated carbocycles. The van der Waals surface area contributed by atoms with Crippen molar-refractivity contribution in [2.75, 3.05) is 12.4 Å². The van der Waals surface area contributed by atoms with Crippen molar-refractivity contribution in [1.29, 1.82) is 0 Å². The highest BCUT2D eigenvalue weighted by Gasteiger charge is 2.02. The zero-order valence-corrected chi connectivity index (χ0v) is 14.6. The standard InChI is InChI=1S/C17H20BrN3O/c1-11-6-12(2)8-14(7-11)21-17(19)20-10-13-4-5-16(22-3)15(18)9-13/h4-9H,10H2,1-3H3,(H3,19,20,21). The van der Waals surface area contributed by atoms with Crippen LogP contribution in [0.4, 0.5) is 5.69 Å². The van der Waals surface area contributed by atoms with Crippen molar-refractivity contribution in [2.45, 2.75) is 20.4 Å². The number of guanidine groups is 1. The lowest BCUT2D eigenvalue weighted by Gasteiger charge is -2.08. The van der Waals surface area contributed by atoms with Gasteiger partial charge in [0.05, 0.1) is 18.1 Å². The highest BCUT2D eigenvalue weighted by Crippen LogP contribution is 2.25. The van der Waals surface area contributed by atoms with Crippen molar-refractivity contribution in [3.05, 3.63) is 57.6 Å². The summed E-state index contributed by atoms with van der Waals surface area (Å²) in [6, 6.07) is 12.1. The Kier molecular flexibility index (Phi) is 5.44. The van der Waals surface area contributed by atoms with Gasteiger partial charge in [0.1, 0.15) is 5.75 Å². The van der Waals surface area contributed by atoms with Gasteiger partial charge in [0.2, 0.25) is 0 Å². The van der Waals surface area contributed by atoms with E-state index in [1.807, 2.05) is 30.3 Å². The number of benzene rings is 2. The van der Waals surface area contributed by atoms with Crippen molar-refractivity contribution in [3.63, 3.8) is 0 Å². The molecule has 0 aromatic heterocycles. The number of nitrogens with one attached hydrogen (secondary N) is 1. The van der Waals surface area contributed by atoms with E-state index >= 15 is 0 Å². The van der Waals surface area contributed by atoms with Gasteiger partial charge in [0, 0.05) is 5.69 Å². The number of hydrogen-bond acceptors (Lipinski definition) is 2. The molecule has 0 unspecified atom stereocenters. The molecular formula is C17H20BrN3O. The third kappa shape index (κ3) is 4.49. The normalized spacial score (nSPS) is 11.4. The second kappa shape index (κ2) is 7.31. The van der Waals surface area contributed by atoms with Gasteiger partial charge < -0.3 is 15.8 Å². The molecule has 0 aliphatic rings. The fourth-order valence-corrected chi connectivity index (χ4v) is 2.81. The Balaban J connectivity index is 2.04. The molecule has 0 amide bonds. The van der Waals surface area contributed by atoms with E-state index in [0.29, 0.717) is 12.5 Å². The molecule has 0 fully saturated rings. The fraction of sp³-hybridized carbons (Fsp3) is 0.235. The summed E-state index contributed by atoms with van der Waals surface area (Å²) in [6.45, 7) is 4.62. The van der Waals surface area contributed by atoms with Gasteiger partial charge in [-0.05, 0) is 70.7 Å². The van der Waals surface area contributed by atoms with Crippen LogP contribution in [-0.2, 0) is 6.54 Å². The third-order valence-electron chi connectivity index (χ3n) is 3.14. The summed E-state index contributed by atoms with van der Waals surface area (Å²) in [5, 5.41) is 3.12. The second-order valence-corrected chi connectivity index (χ2v) is 6.03. The number of methoxy groups -OCH3 is 1. The van der Waals surface area contributed by atoms with Crippen LogP contribution in [0.5, 0.6) is 5.75 Å². The minimum absolute atomic E-state index is 0.400. The van der Waals surface area contributed by atoms with Crippen LogP contribution in [0.1, 0.15) is 16.7 Å². The molecule has 0 heterocycles. The number of nitrogens with two attached hydrogens (primary N) is 1. The molecular weight excluding hydrogens is 342 g/mol. The molecule has 0 radical (unpaired) electrons. The number of hydrogen-bond donors (Lipinski definition) is 2. The quantitative estimate of drug-likeness (QED) is 0.638. The van der Waals surface area contributed by atoms with E-state index in [-0.39, 0.29) is 0 Å². The van der Waals surface area contributed by atoms with Crippen LogP contribution in [0.2, 0.25) is 0 Å². The van der Waals surface area contributed by atoms with E-state index in [1.165, 1.54) is 11.1 Å². The van der Waals surface area contributed by atoms with E-state index in [1.54, 1.807) is 7.11 Å². The number of aryl methyl sites for hydroxylation is 2. The van der Waals surface area contributed by atoms with Crippen LogP contribution in [0.25, 0.3) is 0 Å². The number of anilines is 1. The lowest BCUT2D eigenvalue weighted by atomic mass is 10.1. The summed E-state index contributed by atoms with van der Waals surface area (Å²) in [5.74, 6) is 1.20. The predicted molar refractivity (Wildman–Crippen MR) is 95.6 cm³/mol. The highest BCUT2D eigenvalue weighted by atomic mass is 79.9. The van der Waals surface area contributed by atoms with E-state index in [9.17, 15) is 0 Å². The van der Waals surface area contributed by atoms with E-state index in [2.05, 4.69) is 46.2 Å². The zero-order chi connectivity index (χ0) is 16.1. The van der Waals surface area contributed by atoms with Gasteiger partial charge >= 0.3 is 0 Å². The summed E-state index contributed by atoms with van der Waals surface area (Å²) in [7, 11) is 1.64. The first-order valence-electron chi connectivity index (χ1n) is 6.95. The minimum Gasteiger partial charge on any atom is -0.496 e. The van der Waals surface area contributed by atoms with Gasteiger partial charge in [-0.2, -0.15) is 0 Å². The summed E-state index contributed by atoms with van der Waals surface area (Å²) in [6.07, 6.45) is 0. The van der Waals surface area contributed by atoms with Gasteiger partial charge in [0.25, 0.3) is 0 Å². The average molecular weight is 362 g/mol. The Morgan fingerprint density at radius 1 is 1.18 bits per heavy atom. The number of halogens is 1. The van der Waals surface area contributed by atoms with Crippen molar-refractivity contribution < 1.29 is 4.74 Å². The van der Waals surface area contributed by atoms with Gasteiger partial charge in [-0.1, -0.05) is 12.1 Å².